The van der Waals surface area contributed by atoms with Crippen LogP contribution in [0.3, 0.4) is 0 Å². The van der Waals surface area contributed by atoms with Crippen LogP contribution in [0.5, 0.6) is 0 Å². The Balaban J connectivity index is 1.57. The summed E-state index contributed by atoms with van der Waals surface area (Å²) in [5, 5.41) is 11.4. The number of morpholine rings is 1. The van der Waals surface area contributed by atoms with E-state index in [1.54, 1.807) is 29.2 Å². The summed E-state index contributed by atoms with van der Waals surface area (Å²) in [7, 11) is 0. The van der Waals surface area contributed by atoms with Gasteiger partial charge in [-0.15, -0.1) is 0 Å². The smallest absolute Gasteiger partial charge is 0.268 e. The maximum Gasteiger partial charge on any atom is 0.268 e. The van der Waals surface area contributed by atoms with Gasteiger partial charge >= 0.3 is 0 Å². The molecule has 1 amide bonds. The lowest BCUT2D eigenvalue weighted by Gasteiger charge is -2.29. The Labute approximate surface area is 177 Å². The van der Waals surface area contributed by atoms with Gasteiger partial charge in [-0.05, 0) is 18.1 Å². The summed E-state index contributed by atoms with van der Waals surface area (Å²) < 4.78 is 5.41. The quantitative estimate of drug-likeness (QED) is 0.677. The van der Waals surface area contributed by atoms with E-state index in [1.807, 2.05) is 24.3 Å². The van der Waals surface area contributed by atoms with Crippen molar-refractivity contribution in [1.29, 1.82) is 0 Å². The van der Waals surface area contributed by atoms with Crippen LogP contribution in [0.25, 0.3) is 0 Å². The van der Waals surface area contributed by atoms with E-state index in [4.69, 9.17) is 4.74 Å². The van der Waals surface area contributed by atoms with Crippen molar-refractivity contribution in [3.05, 3.63) is 65.2 Å². The number of anilines is 1. The Morgan fingerprint density at radius 2 is 1.83 bits per heavy atom. The van der Waals surface area contributed by atoms with Gasteiger partial charge in [-0.2, -0.15) is 0 Å². The average Bonchev–Trinajstić information content (AvgIpc) is 2.97. The molecule has 2 aromatic rings. The number of carbonyl (C=O) groups is 2. The predicted molar refractivity (Wildman–Crippen MR) is 114 cm³/mol. The Morgan fingerprint density at radius 3 is 2.53 bits per heavy atom. The molecule has 30 heavy (non-hydrogen) atoms. The number of hydrogen-bond donors (Lipinski definition) is 2. The zero-order valence-corrected chi connectivity index (χ0v) is 17.4. The molecule has 2 aliphatic rings. The van der Waals surface area contributed by atoms with Gasteiger partial charge in [0.2, 0.25) is 0 Å². The van der Waals surface area contributed by atoms with Crippen LogP contribution in [0.2, 0.25) is 0 Å². The standard InChI is InChI=1S/C24H28N2O4/c1-2-5-18-8-10-19(11-9-18)22(27)16-24(29)20-6-3-4-7-21(20)26(23(24)28)17-25-12-14-30-15-13-25/h3-4,6-11,29H,2,5,12-17H2,1H3/p+1/t24-/m1/s1. The van der Waals surface area contributed by atoms with Crippen LogP contribution in [0.15, 0.2) is 48.5 Å². The number of quaternary nitrogens is 1. The van der Waals surface area contributed by atoms with Crippen LogP contribution >= 0.6 is 0 Å². The molecule has 1 saturated heterocycles. The minimum Gasteiger partial charge on any atom is -0.375 e. The number of ether oxygens (including phenoxy) is 1. The van der Waals surface area contributed by atoms with E-state index >= 15 is 0 Å². The van der Waals surface area contributed by atoms with Gasteiger partial charge in [0.05, 0.1) is 25.3 Å². The van der Waals surface area contributed by atoms with Crippen LogP contribution in [0.1, 0.15) is 41.3 Å². The second-order valence-electron chi connectivity index (χ2n) is 8.18. The average molecular weight is 410 g/mol. The summed E-state index contributed by atoms with van der Waals surface area (Å²) >= 11 is 0. The summed E-state index contributed by atoms with van der Waals surface area (Å²) in [5.74, 6) is -0.650. The number of fused-ring (bicyclic) bond motifs is 1. The SMILES string of the molecule is CCCc1ccc(C(=O)C[C@]2(O)C(=O)N(C[NH+]3CCOCC3)c3ccccc32)cc1. The molecule has 1 atom stereocenters. The molecule has 2 aromatic carbocycles. The van der Waals surface area contributed by atoms with Gasteiger partial charge in [-0.3, -0.25) is 14.5 Å². The Bertz CT molecular complexity index is 921. The topological polar surface area (TPSA) is 71.3 Å². The molecular weight excluding hydrogens is 380 g/mol. The highest BCUT2D eigenvalue weighted by atomic mass is 16.5. The first kappa shape index (κ1) is 20.7. The molecule has 6 heteroatoms. The van der Waals surface area contributed by atoms with Gasteiger partial charge in [0.25, 0.3) is 5.91 Å². The van der Waals surface area contributed by atoms with E-state index in [1.165, 1.54) is 10.5 Å². The van der Waals surface area contributed by atoms with Crippen molar-refractivity contribution in [2.24, 2.45) is 0 Å². The van der Waals surface area contributed by atoms with E-state index in [0.29, 0.717) is 36.7 Å². The summed E-state index contributed by atoms with van der Waals surface area (Å²) in [4.78, 5) is 29.2. The van der Waals surface area contributed by atoms with E-state index in [-0.39, 0.29) is 12.2 Å². The molecule has 6 nitrogen and oxygen atoms in total. The van der Waals surface area contributed by atoms with E-state index in [9.17, 15) is 14.7 Å². The molecular formula is C24H29N2O4+. The fourth-order valence-electron chi connectivity index (χ4n) is 4.36. The van der Waals surface area contributed by atoms with E-state index in [2.05, 4.69) is 6.92 Å². The third kappa shape index (κ3) is 3.90. The van der Waals surface area contributed by atoms with Crippen molar-refractivity contribution in [3.8, 4) is 0 Å². The zero-order valence-electron chi connectivity index (χ0n) is 17.4. The zero-order chi connectivity index (χ0) is 21.1. The highest BCUT2D eigenvalue weighted by Crippen LogP contribution is 2.42. The number of nitrogens with one attached hydrogen (secondary N) is 1. The summed E-state index contributed by atoms with van der Waals surface area (Å²) in [6, 6.07) is 14.7. The number of amides is 1. The lowest BCUT2D eigenvalue weighted by molar-refractivity contribution is -0.906. The number of aliphatic hydroxyl groups is 1. The Hall–Kier alpha value is -2.54. The first-order chi connectivity index (χ1) is 14.5. The molecule has 0 aromatic heterocycles. The van der Waals surface area contributed by atoms with Crippen LogP contribution < -0.4 is 9.80 Å². The summed E-state index contributed by atoms with van der Waals surface area (Å²) in [6.45, 7) is 5.52. The highest BCUT2D eigenvalue weighted by Gasteiger charge is 2.51. The molecule has 0 bridgehead atoms. The van der Waals surface area contributed by atoms with Crippen molar-refractivity contribution in [2.45, 2.75) is 31.8 Å². The number of hydrogen-bond acceptors (Lipinski definition) is 4. The van der Waals surface area contributed by atoms with Crippen molar-refractivity contribution in [3.63, 3.8) is 0 Å². The van der Waals surface area contributed by atoms with Crippen molar-refractivity contribution in [2.75, 3.05) is 37.9 Å². The normalized spacial score (nSPS) is 21.7. The number of Topliss-reactive ketones (excluding diaryl/α,β-unsaturated/α-hetero) is 1. The molecule has 4 rings (SSSR count). The minimum absolute atomic E-state index is 0.232. The molecule has 0 saturated carbocycles. The number of benzene rings is 2. The maximum atomic E-state index is 13.3. The summed E-state index contributed by atoms with van der Waals surface area (Å²) in [6.07, 6.45) is 1.74. The molecule has 0 unspecified atom stereocenters. The van der Waals surface area contributed by atoms with E-state index in [0.717, 1.165) is 25.9 Å². The van der Waals surface area contributed by atoms with Crippen molar-refractivity contribution < 1.29 is 24.3 Å². The molecule has 0 aliphatic carbocycles. The maximum absolute atomic E-state index is 13.3. The molecule has 2 heterocycles. The van der Waals surface area contributed by atoms with Crippen molar-refractivity contribution in [1.82, 2.24) is 0 Å². The second kappa shape index (κ2) is 8.68. The number of rotatable bonds is 7. The number of aryl methyl sites for hydroxylation is 1. The van der Waals surface area contributed by atoms with Crippen LogP contribution in [0, 0.1) is 0 Å². The van der Waals surface area contributed by atoms with Crippen LogP contribution in [0.4, 0.5) is 5.69 Å². The largest absolute Gasteiger partial charge is 0.375 e. The first-order valence-corrected chi connectivity index (χ1v) is 10.7. The Kier molecular flexibility index (Phi) is 5.99. The van der Waals surface area contributed by atoms with Gasteiger partial charge in [-0.25, -0.2) is 0 Å². The van der Waals surface area contributed by atoms with Crippen molar-refractivity contribution >= 4 is 17.4 Å². The fraction of sp³-hybridized carbons (Fsp3) is 0.417. The number of ketones is 1. The monoisotopic (exact) mass is 409 g/mol. The third-order valence-electron chi connectivity index (χ3n) is 6.05. The number of carbonyl (C=O) groups excluding carboxylic acids is 2. The third-order valence-corrected chi connectivity index (χ3v) is 6.05. The molecule has 0 radical (unpaired) electrons. The summed E-state index contributed by atoms with van der Waals surface area (Å²) in [5.41, 5.74) is 1.07. The molecule has 1 fully saturated rings. The predicted octanol–water partition coefficient (Wildman–Crippen LogP) is 1.32. The first-order valence-electron chi connectivity index (χ1n) is 10.7. The van der Waals surface area contributed by atoms with Gasteiger partial charge in [0.1, 0.15) is 13.1 Å². The fourth-order valence-corrected chi connectivity index (χ4v) is 4.36. The van der Waals surface area contributed by atoms with Gasteiger partial charge < -0.3 is 14.7 Å². The number of nitrogens with zero attached hydrogens (tertiary/aromatic N) is 1. The molecule has 2 aliphatic heterocycles. The van der Waals surface area contributed by atoms with Gasteiger partial charge in [0, 0.05) is 11.1 Å². The van der Waals surface area contributed by atoms with Crippen LogP contribution in [-0.2, 0) is 21.6 Å². The van der Waals surface area contributed by atoms with Crippen LogP contribution in [-0.4, -0.2) is 49.8 Å². The van der Waals surface area contributed by atoms with Gasteiger partial charge in [-0.1, -0.05) is 55.8 Å². The lowest BCUT2D eigenvalue weighted by atomic mass is 9.88. The number of para-hydroxylation sites is 1. The van der Waals surface area contributed by atoms with Gasteiger partial charge in [0.15, 0.2) is 18.1 Å². The molecule has 158 valence electrons. The Morgan fingerprint density at radius 1 is 1.13 bits per heavy atom. The molecule has 0 spiro atoms. The minimum atomic E-state index is -1.83. The highest BCUT2D eigenvalue weighted by molar-refractivity contribution is 6.10. The molecule has 2 N–H and O–H groups in total. The second-order valence-corrected chi connectivity index (χ2v) is 8.18. The lowest BCUT2D eigenvalue weighted by Crippen LogP contribution is -3.15. The van der Waals surface area contributed by atoms with E-state index < -0.39 is 11.5 Å².